The fourth-order valence-electron chi connectivity index (χ4n) is 3.51. The molecule has 3 aromatic carbocycles. The third-order valence-electron chi connectivity index (χ3n) is 5.03. The third-order valence-corrected chi connectivity index (χ3v) is 5.29. The van der Waals surface area contributed by atoms with E-state index in [2.05, 4.69) is 10.6 Å². The number of aromatic nitrogens is 2. The number of benzene rings is 3. The van der Waals surface area contributed by atoms with E-state index in [4.69, 9.17) is 30.8 Å². The Kier molecular flexibility index (Phi) is 6.97. The maximum absolute atomic E-state index is 6.11. The van der Waals surface area contributed by atoms with Crippen molar-refractivity contribution in [2.45, 2.75) is 20.1 Å². The predicted octanol–water partition coefficient (Wildman–Crippen LogP) is 6.39. The number of ether oxygens (including phenoxy) is 3. The second-order valence-corrected chi connectivity index (χ2v) is 7.61. The Morgan fingerprint density at radius 1 is 0.969 bits per heavy atom. The summed E-state index contributed by atoms with van der Waals surface area (Å²) >= 11 is 5.95. The summed E-state index contributed by atoms with van der Waals surface area (Å²) in [5.74, 6) is 2.97. The fourth-order valence-corrected chi connectivity index (χ4v) is 3.64. The van der Waals surface area contributed by atoms with E-state index in [0.29, 0.717) is 36.3 Å². The van der Waals surface area contributed by atoms with Crippen LogP contribution >= 0.6 is 11.6 Å². The molecule has 6 heteroatoms. The Bertz CT molecular complexity index is 1220. The first kappa shape index (κ1) is 21.8. The van der Waals surface area contributed by atoms with Gasteiger partial charge in [0.2, 0.25) is 0 Å². The number of halogens is 1. The lowest BCUT2D eigenvalue weighted by Crippen LogP contribution is -2.13. The monoisotopic (exact) mass is 448 g/mol. The van der Waals surface area contributed by atoms with Crippen molar-refractivity contribution in [2.24, 2.45) is 0 Å². The molecular weight excluding hydrogens is 424 g/mol. The van der Waals surface area contributed by atoms with Gasteiger partial charge in [-0.3, -0.25) is 0 Å². The molecule has 5 nitrogen and oxygen atoms in total. The van der Waals surface area contributed by atoms with E-state index in [0.717, 1.165) is 28.2 Å². The zero-order valence-corrected chi connectivity index (χ0v) is 18.9. The summed E-state index contributed by atoms with van der Waals surface area (Å²) in [5, 5.41) is 0.687. The molecule has 0 unspecified atom stereocenters. The van der Waals surface area contributed by atoms with E-state index >= 15 is 0 Å². The van der Waals surface area contributed by atoms with Crippen molar-refractivity contribution in [3.63, 3.8) is 0 Å². The summed E-state index contributed by atoms with van der Waals surface area (Å²) in [6.45, 7) is 3.43. The van der Waals surface area contributed by atoms with Crippen molar-refractivity contribution in [1.82, 2.24) is 9.55 Å². The number of rotatable bonds is 9. The molecule has 0 aliphatic carbocycles. The van der Waals surface area contributed by atoms with Gasteiger partial charge < -0.3 is 18.8 Å². The van der Waals surface area contributed by atoms with Crippen molar-refractivity contribution in [3.8, 4) is 17.2 Å². The SMILES string of the molecule is C/C=C\c1ccc(OCc2nc3ccccc3n2CCOc2ccc(Cl)cc2)c(OC)c1. The van der Waals surface area contributed by atoms with Gasteiger partial charge in [0.25, 0.3) is 0 Å². The van der Waals surface area contributed by atoms with Crippen LogP contribution in [0.4, 0.5) is 0 Å². The molecular formula is C26H25ClN2O3. The van der Waals surface area contributed by atoms with Crippen LogP contribution in [0.1, 0.15) is 18.3 Å². The van der Waals surface area contributed by atoms with Crippen LogP contribution in [0, 0.1) is 0 Å². The molecule has 0 radical (unpaired) electrons. The van der Waals surface area contributed by atoms with E-state index in [1.54, 1.807) is 7.11 Å². The average molecular weight is 449 g/mol. The minimum atomic E-state index is 0.314. The highest BCUT2D eigenvalue weighted by Gasteiger charge is 2.13. The van der Waals surface area contributed by atoms with Crippen molar-refractivity contribution in [1.29, 1.82) is 0 Å². The van der Waals surface area contributed by atoms with E-state index in [1.165, 1.54) is 0 Å². The molecule has 0 saturated heterocycles. The first-order valence-electron chi connectivity index (χ1n) is 10.4. The zero-order valence-electron chi connectivity index (χ0n) is 18.1. The Labute approximate surface area is 192 Å². The first-order valence-corrected chi connectivity index (χ1v) is 10.8. The number of fused-ring (bicyclic) bond motifs is 1. The molecule has 1 aromatic heterocycles. The van der Waals surface area contributed by atoms with Gasteiger partial charge in [0, 0.05) is 5.02 Å². The van der Waals surface area contributed by atoms with Gasteiger partial charge in [-0.25, -0.2) is 4.98 Å². The Morgan fingerprint density at radius 3 is 2.56 bits per heavy atom. The minimum Gasteiger partial charge on any atom is -0.493 e. The highest BCUT2D eigenvalue weighted by atomic mass is 35.5. The molecule has 0 atom stereocenters. The highest BCUT2D eigenvalue weighted by Crippen LogP contribution is 2.29. The number of imidazole rings is 1. The van der Waals surface area contributed by atoms with Crippen LogP contribution < -0.4 is 14.2 Å². The average Bonchev–Trinajstić information content (AvgIpc) is 3.17. The number of allylic oxidation sites excluding steroid dienone is 1. The zero-order chi connectivity index (χ0) is 22.3. The molecule has 164 valence electrons. The Morgan fingerprint density at radius 2 is 1.78 bits per heavy atom. The molecule has 0 aliphatic heterocycles. The summed E-state index contributed by atoms with van der Waals surface area (Å²) in [5.41, 5.74) is 3.03. The van der Waals surface area contributed by atoms with Crippen LogP contribution in [0.3, 0.4) is 0 Å². The molecule has 4 aromatic rings. The number of nitrogens with zero attached hydrogens (tertiary/aromatic N) is 2. The van der Waals surface area contributed by atoms with Crippen molar-refractivity contribution in [3.05, 3.63) is 89.2 Å². The van der Waals surface area contributed by atoms with Gasteiger partial charge in [-0.15, -0.1) is 0 Å². The molecule has 4 rings (SSSR count). The van der Waals surface area contributed by atoms with E-state index in [1.807, 2.05) is 79.7 Å². The van der Waals surface area contributed by atoms with Gasteiger partial charge in [0.05, 0.1) is 24.7 Å². The van der Waals surface area contributed by atoms with Crippen LogP contribution in [0.25, 0.3) is 17.1 Å². The summed E-state index contributed by atoms with van der Waals surface area (Å²) in [4.78, 5) is 4.78. The molecule has 0 N–H and O–H groups in total. The van der Waals surface area contributed by atoms with Crippen LogP contribution in [0.15, 0.2) is 72.8 Å². The van der Waals surface area contributed by atoms with E-state index < -0.39 is 0 Å². The largest absolute Gasteiger partial charge is 0.493 e. The topological polar surface area (TPSA) is 45.5 Å². The summed E-state index contributed by atoms with van der Waals surface area (Å²) in [6, 6.07) is 21.3. The van der Waals surface area contributed by atoms with Crippen LogP contribution in [-0.2, 0) is 13.2 Å². The third kappa shape index (κ3) is 5.06. The molecule has 0 spiro atoms. The van der Waals surface area contributed by atoms with Gasteiger partial charge in [0.15, 0.2) is 11.5 Å². The maximum atomic E-state index is 6.11. The molecule has 32 heavy (non-hydrogen) atoms. The Hall–Kier alpha value is -3.44. The van der Waals surface area contributed by atoms with Crippen molar-refractivity contribution >= 4 is 28.7 Å². The summed E-state index contributed by atoms with van der Waals surface area (Å²) in [6.07, 6.45) is 4.01. The minimum absolute atomic E-state index is 0.314. The Balaban J connectivity index is 1.51. The summed E-state index contributed by atoms with van der Waals surface area (Å²) in [7, 11) is 1.64. The van der Waals surface area contributed by atoms with Crippen LogP contribution in [0.2, 0.25) is 5.02 Å². The maximum Gasteiger partial charge on any atom is 0.161 e. The van der Waals surface area contributed by atoms with Gasteiger partial charge in [-0.05, 0) is 61.0 Å². The lowest BCUT2D eigenvalue weighted by atomic mass is 10.2. The normalized spacial score (nSPS) is 11.2. The van der Waals surface area contributed by atoms with Gasteiger partial charge in [-0.2, -0.15) is 0 Å². The van der Waals surface area contributed by atoms with Gasteiger partial charge in [0.1, 0.15) is 24.8 Å². The van der Waals surface area contributed by atoms with Gasteiger partial charge >= 0.3 is 0 Å². The predicted molar refractivity (Wildman–Crippen MR) is 129 cm³/mol. The lowest BCUT2D eigenvalue weighted by Gasteiger charge is -2.13. The first-order chi connectivity index (χ1) is 15.7. The standard InChI is InChI=1S/C26H25ClN2O3/c1-3-6-19-9-14-24(25(17-19)30-2)32-18-26-28-22-7-4-5-8-23(22)29(26)15-16-31-21-12-10-20(27)11-13-21/h3-14,17H,15-16,18H2,1-2H3/b6-3-. The number of hydrogen-bond acceptors (Lipinski definition) is 4. The van der Waals surface area contributed by atoms with Crippen molar-refractivity contribution in [2.75, 3.05) is 13.7 Å². The molecule has 0 bridgehead atoms. The second kappa shape index (κ2) is 10.2. The van der Waals surface area contributed by atoms with E-state index in [-0.39, 0.29) is 0 Å². The number of para-hydroxylation sites is 2. The van der Waals surface area contributed by atoms with Crippen molar-refractivity contribution < 1.29 is 14.2 Å². The fraction of sp³-hybridized carbons (Fsp3) is 0.192. The number of methoxy groups -OCH3 is 1. The van der Waals surface area contributed by atoms with Gasteiger partial charge in [-0.1, -0.05) is 42.0 Å². The number of hydrogen-bond donors (Lipinski definition) is 0. The molecule has 0 saturated carbocycles. The molecule has 0 fully saturated rings. The van der Waals surface area contributed by atoms with Crippen LogP contribution in [0.5, 0.6) is 17.2 Å². The lowest BCUT2D eigenvalue weighted by molar-refractivity contribution is 0.262. The smallest absolute Gasteiger partial charge is 0.161 e. The quantitative estimate of drug-likeness (QED) is 0.297. The molecule has 0 amide bonds. The molecule has 1 heterocycles. The molecule has 0 aliphatic rings. The van der Waals surface area contributed by atoms with E-state index in [9.17, 15) is 0 Å². The summed E-state index contributed by atoms with van der Waals surface area (Å²) < 4.78 is 19.7. The highest BCUT2D eigenvalue weighted by molar-refractivity contribution is 6.30. The second-order valence-electron chi connectivity index (χ2n) is 7.17. The van der Waals surface area contributed by atoms with Crippen LogP contribution in [-0.4, -0.2) is 23.3 Å².